The molecule has 1 aromatic heterocycles. The van der Waals surface area contributed by atoms with Crippen molar-refractivity contribution in [1.82, 2.24) is 4.98 Å². The summed E-state index contributed by atoms with van der Waals surface area (Å²) < 4.78 is 13.2. The summed E-state index contributed by atoms with van der Waals surface area (Å²) in [5.74, 6) is -0.565. The van der Waals surface area contributed by atoms with Crippen molar-refractivity contribution in [3.05, 3.63) is 51.5 Å². The second-order valence-corrected chi connectivity index (χ2v) is 4.30. The van der Waals surface area contributed by atoms with Crippen molar-refractivity contribution in [3.8, 4) is 11.1 Å². The minimum absolute atomic E-state index is 0.149. The van der Waals surface area contributed by atoms with E-state index in [-0.39, 0.29) is 5.15 Å². The minimum Gasteiger partial charge on any atom is -0.241 e. The molecule has 0 aliphatic rings. The van der Waals surface area contributed by atoms with Crippen molar-refractivity contribution >= 4 is 34.8 Å². The maximum absolute atomic E-state index is 13.2. The first-order valence-corrected chi connectivity index (χ1v) is 5.48. The smallest absolute Gasteiger partial charge is 0.164 e. The first-order chi connectivity index (χ1) is 7.58. The molecular formula is C11H5Cl3FN. The summed E-state index contributed by atoms with van der Waals surface area (Å²) in [7, 11) is 0. The SMILES string of the molecule is Fc1cc(-c2ccc(Cl)c(Cl)c2)cnc1Cl. The van der Waals surface area contributed by atoms with E-state index < -0.39 is 5.82 Å². The molecule has 0 fully saturated rings. The topological polar surface area (TPSA) is 12.9 Å². The zero-order valence-electron chi connectivity index (χ0n) is 7.85. The van der Waals surface area contributed by atoms with Gasteiger partial charge in [-0.25, -0.2) is 9.37 Å². The highest BCUT2D eigenvalue weighted by Crippen LogP contribution is 2.29. The lowest BCUT2D eigenvalue weighted by Gasteiger charge is -2.03. The van der Waals surface area contributed by atoms with Crippen LogP contribution in [0.2, 0.25) is 15.2 Å². The number of halogens is 4. The van der Waals surface area contributed by atoms with Gasteiger partial charge in [0, 0.05) is 11.8 Å². The molecule has 0 unspecified atom stereocenters. The molecule has 5 heteroatoms. The van der Waals surface area contributed by atoms with E-state index in [1.807, 2.05) is 0 Å². The molecule has 0 bridgehead atoms. The Balaban J connectivity index is 2.50. The van der Waals surface area contributed by atoms with Crippen LogP contribution in [-0.2, 0) is 0 Å². The maximum Gasteiger partial charge on any atom is 0.164 e. The van der Waals surface area contributed by atoms with Crippen LogP contribution in [0.1, 0.15) is 0 Å². The average molecular weight is 277 g/mol. The van der Waals surface area contributed by atoms with Crippen molar-refractivity contribution in [2.24, 2.45) is 0 Å². The predicted molar refractivity (Wildman–Crippen MR) is 64.7 cm³/mol. The molecule has 16 heavy (non-hydrogen) atoms. The summed E-state index contributed by atoms with van der Waals surface area (Å²) in [6.07, 6.45) is 1.48. The Morgan fingerprint density at radius 3 is 2.31 bits per heavy atom. The van der Waals surface area contributed by atoms with Gasteiger partial charge in [-0.3, -0.25) is 0 Å². The van der Waals surface area contributed by atoms with Crippen molar-refractivity contribution < 1.29 is 4.39 Å². The molecule has 1 nitrogen and oxygen atoms in total. The van der Waals surface area contributed by atoms with Crippen molar-refractivity contribution in [2.45, 2.75) is 0 Å². The van der Waals surface area contributed by atoms with E-state index in [2.05, 4.69) is 4.98 Å². The molecule has 0 amide bonds. The fourth-order valence-corrected chi connectivity index (χ4v) is 1.66. The van der Waals surface area contributed by atoms with Gasteiger partial charge in [-0.05, 0) is 23.8 Å². The molecule has 0 radical (unpaired) electrons. The Hall–Kier alpha value is -0.830. The lowest BCUT2D eigenvalue weighted by Crippen LogP contribution is -1.85. The second kappa shape index (κ2) is 4.58. The van der Waals surface area contributed by atoms with E-state index in [0.717, 1.165) is 5.56 Å². The van der Waals surface area contributed by atoms with Crippen LogP contribution in [0.25, 0.3) is 11.1 Å². The van der Waals surface area contributed by atoms with E-state index in [1.165, 1.54) is 12.3 Å². The number of hydrogen-bond donors (Lipinski definition) is 0. The third-order valence-corrected chi connectivity index (χ3v) is 3.07. The van der Waals surface area contributed by atoms with E-state index in [4.69, 9.17) is 34.8 Å². The van der Waals surface area contributed by atoms with Crippen molar-refractivity contribution in [3.63, 3.8) is 0 Å². The van der Waals surface area contributed by atoms with Crippen LogP contribution in [0.3, 0.4) is 0 Å². The highest BCUT2D eigenvalue weighted by Gasteiger charge is 2.06. The molecule has 82 valence electrons. The van der Waals surface area contributed by atoms with E-state index in [0.29, 0.717) is 15.6 Å². The van der Waals surface area contributed by atoms with Crippen LogP contribution >= 0.6 is 34.8 Å². The first-order valence-electron chi connectivity index (χ1n) is 4.34. The Kier molecular flexibility index (Phi) is 3.33. The fourth-order valence-electron chi connectivity index (χ4n) is 1.25. The largest absolute Gasteiger partial charge is 0.241 e. The first kappa shape index (κ1) is 11.6. The van der Waals surface area contributed by atoms with Gasteiger partial charge in [0.1, 0.15) is 0 Å². The summed E-state index contributed by atoms with van der Waals surface area (Å²) in [6, 6.07) is 6.33. The van der Waals surface area contributed by atoms with Crippen LogP contribution in [-0.4, -0.2) is 4.98 Å². The maximum atomic E-state index is 13.2. The zero-order valence-corrected chi connectivity index (χ0v) is 10.1. The lowest BCUT2D eigenvalue weighted by atomic mass is 10.1. The standard InChI is InChI=1S/C11H5Cl3FN/c12-8-2-1-6(3-9(8)13)7-4-10(15)11(14)16-5-7/h1-5H. The molecule has 0 atom stereocenters. The van der Waals surface area contributed by atoms with Crippen molar-refractivity contribution in [2.75, 3.05) is 0 Å². The molecule has 0 aliphatic carbocycles. The number of aromatic nitrogens is 1. The fraction of sp³-hybridized carbons (Fsp3) is 0. The third-order valence-electron chi connectivity index (χ3n) is 2.05. The van der Waals surface area contributed by atoms with Gasteiger partial charge in [-0.15, -0.1) is 0 Å². The van der Waals surface area contributed by atoms with Gasteiger partial charge >= 0.3 is 0 Å². The summed E-state index contributed by atoms with van der Waals surface area (Å²) in [5, 5.41) is 0.714. The normalized spacial score (nSPS) is 10.5. The van der Waals surface area contributed by atoms with Gasteiger partial charge in [0.2, 0.25) is 0 Å². The molecule has 0 N–H and O–H groups in total. The molecule has 0 saturated heterocycles. The summed E-state index contributed by atoms with van der Waals surface area (Å²) in [5.41, 5.74) is 1.33. The van der Waals surface area contributed by atoms with Gasteiger partial charge in [0.25, 0.3) is 0 Å². The number of rotatable bonds is 1. The summed E-state index contributed by atoms with van der Waals surface area (Å²) in [6.45, 7) is 0. The highest BCUT2D eigenvalue weighted by molar-refractivity contribution is 6.42. The Bertz CT molecular complexity index is 493. The monoisotopic (exact) mass is 275 g/mol. The number of nitrogens with zero attached hydrogens (tertiary/aromatic N) is 1. The highest BCUT2D eigenvalue weighted by atomic mass is 35.5. The molecule has 2 rings (SSSR count). The van der Waals surface area contributed by atoms with Crippen LogP contribution in [0.15, 0.2) is 30.5 Å². The third kappa shape index (κ3) is 2.29. The van der Waals surface area contributed by atoms with Crippen LogP contribution < -0.4 is 0 Å². The Labute approximate surface area is 107 Å². The van der Waals surface area contributed by atoms with E-state index >= 15 is 0 Å². The van der Waals surface area contributed by atoms with Crippen LogP contribution in [0.5, 0.6) is 0 Å². The van der Waals surface area contributed by atoms with Gasteiger partial charge in [0.15, 0.2) is 11.0 Å². The molecular weight excluding hydrogens is 271 g/mol. The number of benzene rings is 1. The predicted octanol–water partition coefficient (Wildman–Crippen LogP) is 4.85. The number of hydrogen-bond acceptors (Lipinski definition) is 1. The molecule has 1 heterocycles. The molecule has 0 aliphatic heterocycles. The van der Waals surface area contributed by atoms with E-state index in [1.54, 1.807) is 18.2 Å². The van der Waals surface area contributed by atoms with Gasteiger partial charge in [-0.1, -0.05) is 40.9 Å². The number of pyridine rings is 1. The Morgan fingerprint density at radius 2 is 1.69 bits per heavy atom. The van der Waals surface area contributed by atoms with Gasteiger partial charge in [0.05, 0.1) is 10.0 Å². The zero-order chi connectivity index (χ0) is 11.7. The average Bonchev–Trinajstić information content (AvgIpc) is 2.26. The molecule has 0 saturated carbocycles. The lowest BCUT2D eigenvalue weighted by molar-refractivity contribution is 0.622. The van der Waals surface area contributed by atoms with Crippen molar-refractivity contribution in [1.29, 1.82) is 0 Å². The molecule has 2 aromatic rings. The second-order valence-electron chi connectivity index (χ2n) is 3.13. The Morgan fingerprint density at radius 1 is 0.938 bits per heavy atom. The molecule has 1 aromatic carbocycles. The minimum atomic E-state index is -0.565. The van der Waals surface area contributed by atoms with Gasteiger partial charge in [-0.2, -0.15) is 0 Å². The summed E-state index contributed by atoms with van der Waals surface area (Å²) >= 11 is 17.1. The van der Waals surface area contributed by atoms with Crippen LogP contribution in [0, 0.1) is 5.82 Å². The summed E-state index contributed by atoms with van der Waals surface area (Å²) in [4.78, 5) is 3.72. The quantitative estimate of drug-likeness (QED) is 0.679. The molecule has 0 spiro atoms. The van der Waals surface area contributed by atoms with E-state index in [9.17, 15) is 4.39 Å². The van der Waals surface area contributed by atoms with Crippen LogP contribution in [0.4, 0.5) is 4.39 Å². The van der Waals surface area contributed by atoms with Gasteiger partial charge < -0.3 is 0 Å².